The molecule has 0 heterocycles. The van der Waals surface area contributed by atoms with E-state index < -0.39 is 13.4 Å². The van der Waals surface area contributed by atoms with Gasteiger partial charge in [0.1, 0.15) is 6.63 Å². The monoisotopic (exact) mass is 480 g/mol. The van der Waals surface area contributed by atoms with Crippen LogP contribution >= 0.6 is 62.3 Å². The number of allylic oxidation sites excluding steroid dienone is 2. The van der Waals surface area contributed by atoms with Crippen LogP contribution in [0.5, 0.6) is 0 Å². The maximum absolute atomic E-state index is 5.84. The molecule has 2 aromatic carbocycles. The third-order valence-electron chi connectivity index (χ3n) is 3.89. The predicted octanol–water partition coefficient (Wildman–Crippen LogP) is 8.44. The summed E-state index contributed by atoms with van der Waals surface area (Å²) < 4.78 is 0. The quantitative estimate of drug-likeness (QED) is 0.217. The Hall–Kier alpha value is 0.0169. The SMILES string of the molecule is CC1=Cc2ccccc2C1.ClP(Cl)C1=Cc2ccccc2C1.Cl[SiH](Cl)Cl. The van der Waals surface area contributed by atoms with Crippen molar-refractivity contribution in [1.82, 2.24) is 0 Å². The van der Waals surface area contributed by atoms with Crippen LogP contribution in [0, 0.1) is 0 Å². The number of hydrogen-bond acceptors (Lipinski definition) is 0. The van der Waals surface area contributed by atoms with Gasteiger partial charge in [0.25, 0.3) is 0 Å². The van der Waals surface area contributed by atoms with Crippen LogP contribution in [-0.2, 0) is 12.8 Å². The highest BCUT2D eigenvalue weighted by Crippen LogP contribution is 2.58. The first kappa shape index (κ1) is 22.3. The topological polar surface area (TPSA) is 0 Å². The first-order valence-electron chi connectivity index (χ1n) is 7.94. The minimum absolute atomic E-state index is 0.925. The second-order valence-corrected chi connectivity index (χ2v) is 15.9. The van der Waals surface area contributed by atoms with E-state index in [1.807, 2.05) is 12.1 Å². The van der Waals surface area contributed by atoms with Gasteiger partial charge in [0.05, 0.1) is 0 Å². The van der Waals surface area contributed by atoms with Crippen molar-refractivity contribution in [2.24, 2.45) is 0 Å². The number of rotatable bonds is 1. The van der Waals surface area contributed by atoms with Crippen molar-refractivity contribution >= 4 is 81.2 Å². The van der Waals surface area contributed by atoms with Crippen molar-refractivity contribution in [3.8, 4) is 0 Å². The van der Waals surface area contributed by atoms with Crippen LogP contribution in [0.4, 0.5) is 0 Å². The molecule has 0 saturated heterocycles. The molecule has 2 aliphatic carbocycles. The fourth-order valence-corrected chi connectivity index (χ4v) is 4.00. The molecule has 0 radical (unpaired) electrons. The third kappa shape index (κ3) is 7.21. The van der Waals surface area contributed by atoms with E-state index in [0.29, 0.717) is 0 Å². The molecule has 0 amide bonds. The molecule has 0 aliphatic heterocycles. The van der Waals surface area contributed by atoms with Gasteiger partial charge in [-0.1, -0.05) is 82.7 Å². The minimum Gasteiger partial charge on any atom is -0.130 e. The highest BCUT2D eigenvalue weighted by molar-refractivity contribution is 8.06. The average molecular weight is 483 g/mol. The second kappa shape index (κ2) is 11.1. The molecule has 7 heteroatoms. The molecule has 4 rings (SSSR count). The van der Waals surface area contributed by atoms with E-state index in [1.54, 1.807) is 0 Å². The molecule has 0 nitrogen and oxygen atoms in total. The Morgan fingerprint density at radius 2 is 1.23 bits per heavy atom. The maximum Gasteiger partial charge on any atom is 0.326 e. The predicted molar refractivity (Wildman–Crippen MR) is 125 cm³/mol. The van der Waals surface area contributed by atoms with Gasteiger partial charge in [-0.2, -0.15) is 0 Å². The van der Waals surface area contributed by atoms with Gasteiger partial charge in [-0.3, -0.25) is 0 Å². The zero-order valence-electron chi connectivity index (χ0n) is 14.1. The molecule has 26 heavy (non-hydrogen) atoms. The molecule has 0 N–H and O–H groups in total. The lowest BCUT2D eigenvalue weighted by Crippen LogP contribution is -1.79. The first-order chi connectivity index (χ1) is 12.4. The van der Waals surface area contributed by atoms with E-state index in [0.717, 1.165) is 18.2 Å². The van der Waals surface area contributed by atoms with Gasteiger partial charge in [-0.25, -0.2) is 0 Å². The van der Waals surface area contributed by atoms with Gasteiger partial charge in [0, 0.05) is 6.42 Å². The van der Waals surface area contributed by atoms with E-state index in [9.17, 15) is 0 Å². The Labute approximate surface area is 181 Å². The van der Waals surface area contributed by atoms with Gasteiger partial charge in [-0.15, -0.1) is 33.2 Å². The van der Waals surface area contributed by atoms with Crippen LogP contribution < -0.4 is 0 Å². The Kier molecular flexibility index (Phi) is 9.54. The lowest BCUT2D eigenvalue weighted by molar-refractivity contribution is 1.20. The van der Waals surface area contributed by atoms with Crippen LogP contribution in [-0.4, -0.2) is 6.73 Å². The summed E-state index contributed by atoms with van der Waals surface area (Å²) in [5.41, 5.74) is 6.95. The Bertz CT molecular complexity index is 799. The van der Waals surface area contributed by atoms with E-state index >= 15 is 0 Å². The Morgan fingerprint density at radius 1 is 0.769 bits per heavy atom. The summed E-state index contributed by atoms with van der Waals surface area (Å²) in [6.45, 7) is -0.484. The molecule has 0 aromatic heterocycles. The normalized spacial score (nSPS) is 13.8. The third-order valence-corrected chi connectivity index (χ3v) is 5.92. The first-order valence-corrected chi connectivity index (χ1v) is 16.3. The summed E-state index contributed by atoms with van der Waals surface area (Å²) in [5.74, 6) is 0. The summed E-state index contributed by atoms with van der Waals surface area (Å²) in [7, 11) is 0. The number of hydrogen-bond donors (Lipinski definition) is 0. The zero-order valence-corrected chi connectivity index (χ0v) is 19.9. The maximum atomic E-state index is 5.84. The lowest BCUT2D eigenvalue weighted by Gasteiger charge is -1.99. The van der Waals surface area contributed by atoms with Crippen LogP contribution in [0.25, 0.3) is 12.2 Å². The smallest absolute Gasteiger partial charge is 0.130 e. The van der Waals surface area contributed by atoms with E-state index in [4.69, 9.17) is 55.7 Å². The highest BCUT2D eigenvalue weighted by atomic mass is 35.9. The van der Waals surface area contributed by atoms with Crippen molar-refractivity contribution in [3.63, 3.8) is 0 Å². The Morgan fingerprint density at radius 3 is 1.69 bits per heavy atom. The summed E-state index contributed by atoms with van der Waals surface area (Å²) in [5, 5.41) is 1.16. The van der Waals surface area contributed by atoms with Crippen LogP contribution in [0.2, 0.25) is 0 Å². The van der Waals surface area contributed by atoms with E-state index in [-0.39, 0.29) is 0 Å². The molecule has 0 spiro atoms. The molecule has 0 atom stereocenters. The van der Waals surface area contributed by atoms with Crippen LogP contribution in [0.3, 0.4) is 0 Å². The minimum atomic E-state index is -1.72. The van der Waals surface area contributed by atoms with Crippen LogP contribution in [0.15, 0.2) is 59.4 Å². The van der Waals surface area contributed by atoms with Crippen molar-refractivity contribution in [3.05, 3.63) is 81.7 Å². The summed E-state index contributed by atoms with van der Waals surface area (Å²) in [6.07, 6.45) is 6.43. The molecule has 0 fully saturated rings. The highest BCUT2D eigenvalue weighted by Gasteiger charge is 2.16. The number of benzene rings is 2. The fourth-order valence-electron chi connectivity index (χ4n) is 2.82. The molecule has 138 valence electrons. The second-order valence-electron chi connectivity index (χ2n) is 5.86. The largest absolute Gasteiger partial charge is 0.326 e. The standard InChI is InChI=1S/C10H10.C9H7Cl2P.Cl3HSi/c1-8-6-9-4-2-3-5-10(9)7-8;10-12(11)9-5-7-3-1-2-4-8(7)6-9;1-4(2)3/h2-6H,7H2,1H3;1-5H,6H2;4H. The van der Waals surface area contributed by atoms with Gasteiger partial charge >= 0.3 is 6.73 Å². The summed E-state index contributed by atoms with van der Waals surface area (Å²) in [4.78, 5) is 0. The van der Waals surface area contributed by atoms with Gasteiger partial charge in [0.2, 0.25) is 0 Å². The van der Waals surface area contributed by atoms with E-state index in [2.05, 4.69) is 55.5 Å². The zero-order chi connectivity index (χ0) is 19.1. The van der Waals surface area contributed by atoms with Crippen LogP contribution in [0.1, 0.15) is 29.2 Å². The summed E-state index contributed by atoms with van der Waals surface area (Å²) >= 11 is 26.5. The molecule has 0 saturated carbocycles. The molecular formula is C19H18Cl5PSi. The fraction of sp³-hybridized carbons (Fsp3) is 0.158. The number of halogens is 5. The molecular weight excluding hydrogens is 465 g/mol. The van der Waals surface area contributed by atoms with Crippen molar-refractivity contribution < 1.29 is 0 Å². The molecule has 0 unspecified atom stereocenters. The average Bonchev–Trinajstić information content (AvgIpc) is 3.16. The van der Waals surface area contributed by atoms with Gasteiger partial charge in [-0.05, 0) is 47.0 Å². The summed E-state index contributed by atoms with van der Waals surface area (Å²) in [6, 6.07) is 16.8. The van der Waals surface area contributed by atoms with Gasteiger partial charge < -0.3 is 0 Å². The molecule has 2 aliphatic rings. The molecule has 0 bridgehead atoms. The van der Waals surface area contributed by atoms with Crippen molar-refractivity contribution in [2.75, 3.05) is 0 Å². The number of fused-ring (bicyclic) bond motifs is 2. The van der Waals surface area contributed by atoms with Crippen molar-refractivity contribution in [2.45, 2.75) is 19.8 Å². The van der Waals surface area contributed by atoms with Gasteiger partial charge in [0.15, 0.2) is 0 Å². The molecule has 2 aromatic rings. The van der Waals surface area contributed by atoms with Crippen molar-refractivity contribution in [1.29, 1.82) is 0 Å². The lowest BCUT2D eigenvalue weighted by atomic mass is 10.1. The van der Waals surface area contributed by atoms with E-state index in [1.165, 1.54) is 27.8 Å². The Balaban J connectivity index is 0.000000158.